The molecular formula is C12H18N2OS. The van der Waals surface area contributed by atoms with Gasteiger partial charge in [0, 0.05) is 6.04 Å². The number of amides is 1. The Balaban J connectivity index is 1.60. The fourth-order valence-corrected chi connectivity index (χ4v) is 4.24. The summed E-state index contributed by atoms with van der Waals surface area (Å²) in [7, 11) is 0. The van der Waals surface area contributed by atoms with Gasteiger partial charge in [-0.25, -0.2) is 0 Å². The molecule has 0 saturated heterocycles. The number of nitrogens with zero attached hydrogens (tertiary/aromatic N) is 1. The van der Waals surface area contributed by atoms with Gasteiger partial charge in [-0.15, -0.1) is 0 Å². The van der Waals surface area contributed by atoms with Crippen molar-refractivity contribution in [3.8, 4) is 0 Å². The van der Waals surface area contributed by atoms with Gasteiger partial charge in [0.2, 0.25) is 0 Å². The SMILES string of the molecule is CCC1SC(NC2CC3CCC2C3)=NC1=O. The maximum atomic E-state index is 11.5. The molecule has 2 saturated carbocycles. The fourth-order valence-electron chi connectivity index (χ4n) is 3.29. The van der Waals surface area contributed by atoms with Gasteiger partial charge in [0.25, 0.3) is 5.91 Å². The number of amidine groups is 1. The Labute approximate surface area is 100 Å². The van der Waals surface area contributed by atoms with Crippen molar-refractivity contribution in [2.24, 2.45) is 16.8 Å². The van der Waals surface area contributed by atoms with Crippen LogP contribution in [0.1, 0.15) is 39.0 Å². The van der Waals surface area contributed by atoms with Gasteiger partial charge in [-0.05, 0) is 37.5 Å². The van der Waals surface area contributed by atoms with Gasteiger partial charge in [0.1, 0.15) is 0 Å². The number of rotatable bonds is 2. The van der Waals surface area contributed by atoms with E-state index in [-0.39, 0.29) is 11.2 Å². The third-order valence-electron chi connectivity index (χ3n) is 4.16. The Hall–Kier alpha value is -0.510. The number of aliphatic imine (C=N–C) groups is 1. The smallest absolute Gasteiger partial charge is 0.261 e. The highest BCUT2D eigenvalue weighted by Gasteiger charge is 2.40. The predicted molar refractivity (Wildman–Crippen MR) is 66.5 cm³/mol. The zero-order valence-electron chi connectivity index (χ0n) is 9.61. The van der Waals surface area contributed by atoms with Crippen molar-refractivity contribution < 1.29 is 4.79 Å². The molecule has 1 aliphatic heterocycles. The second-order valence-corrected chi connectivity index (χ2v) is 6.39. The van der Waals surface area contributed by atoms with Crippen LogP contribution in [0.25, 0.3) is 0 Å². The minimum absolute atomic E-state index is 0.0538. The molecule has 1 amide bonds. The molecule has 4 heteroatoms. The van der Waals surface area contributed by atoms with Gasteiger partial charge in [-0.3, -0.25) is 4.79 Å². The molecule has 88 valence electrons. The van der Waals surface area contributed by atoms with E-state index in [2.05, 4.69) is 10.3 Å². The van der Waals surface area contributed by atoms with Crippen molar-refractivity contribution in [1.82, 2.24) is 5.32 Å². The van der Waals surface area contributed by atoms with Crippen LogP contribution in [0.4, 0.5) is 0 Å². The Morgan fingerprint density at radius 3 is 2.88 bits per heavy atom. The first-order valence-electron chi connectivity index (χ1n) is 6.32. The van der Waals surface area contributed by atoms with Crippen molar-refractivity contribution in [2.45, 2.75) is 50.3 Å². The molecule has 2 fully saturated rings. The Morgan fingerprint density at radius 1 is 1.44 bits per heavy atom. The van der Waals surface area contributed by atoms with E-state index in [1.165, 1.54) is 25.7 Å². The summed E-state index contributed by atoms with van der Waals surface area (Å²) in [5.74, 6) is 1.83. The normalized spacial score (nSPS) is 41.6. The monoisotopic (exact) mass is 238 g/mol. The van der Waals surface area contributed by atoms with E-state index < -0.39 is 0 Å². The van der Waals surface area contributed by atoms with E-state index in [0.29, 0.717) is 6.04 Å². The lowest BCUT2D eigenvalue weighted by Gasteiger charge is -2.23. The molecular weight excluding hydrogens is 220 g/mol. The van der Waals surface area contributed by atoms with E-state index in [0.717, 1.165) is 23.4 Å². The van der Waals surface area contributed by atoms with Crippen molar-refractivity contribution in [1.29, 1.82) is 0 Å². The number of carbonyl (C=O) groups excluding carboxylic acids is 1. The van der Waals surface area contributed by atoms with Crippen LogP contribution in [-0.4, -0.2) is 22.4 Å². The van der Waals surface area contributed by atoms with Crippen LogP contribution in [0.2, 0.25) is 0 Å². The fraction of sp³-hybridized carbons (Fsp3) is 0.833. The lowest BCUT2D eigenvalue weighted by molar-refractivity contribution is -0.117. The highest BCUT2D eigenvalue weighted by molar-refractivity contribution is 8.15. The van der Waals surface area contributed by atoms with Crippen molar-refractivity contribution in [3.05, 3.63) is 0 Å². The standard InChI is InChI=1S/C12H18N2OS/c1-2-10-11(15)14-12(16-10)13-9-6-7-3-4-8(9)5-7/h7-10H,2-6H2,1H3,(H,13,14,15). The minimum atomic E-state index is 0.0538. The molecule has 3 rings (SSSR count). The number of nitrogens with one attached hydrogen (secondary N) is 1. The van der Waals surface area contributed by atoms with E-state index in [9.17, 15) is 4.79 Å². The second kappa shape index (κ2) is 4.06. The highest BCUT2D eigenvalue weighted by Crippen LogP contribution is 2.44. The average Bonchev–Trinajstić information content (AvgIpc) is 2.93. The Morgan fingerprint density at radius 2 is 2.31 bits per heavy atom. The molecule has 3 nitrogen and oxygen atoms in total. The van der Waals surface area contributed by atoms with E-state index in [1.54, 1.807) is 11.8 Å². The third-order valence-corrected chi connectivity index (χ3v) is 5.41. The first-order valence-corrected chi connectivity index (χ1v) is 7.20. The lowest BCUT2D eigenvalue weighted by atomic mass is 9.96. The zero-order chi connectivity index (χ0) is 11.1. The third kappa shape index (κ3) is 1.77. The van der Waals surface area contributed by atoms with E-state index >= 15 is 0 Å². The van der Waals surface area contributed by atoms with Crippen molar-refractivity contribution in [2.75, 3.05) is 0 Å². The number of hydrogen-bond acceptors (Lipinski definition) is 3. The molecule has 4 atom stereocenters. The maximum absolute atomic E-state index is 11.5. The topological polar surface area (TPSA) is 41.5 Å². The first-order chi connectivity index (χ1) is 7.76. The quantitative estimate of drug-likeness (QED) is 0.801. The van der Waals surface area contributed by atoms with Gasteiger partial charge in [0.05, 0.1) is 5.25 Å². The summed E-state index contributed by atoms with van der Waals surface area (Å²) in [6.45, 7) is 2.05. The summed E-state index contributed by atoms with van der Waals surface area (Å²) < 4.78 is 0. The Bertz CT molecular complexity index is 342. The molecule has 2 bridgehead atoms. The van der Waals surface area contributed by atoms with Gasteiger partial charge in [-0.1, -0.05) is 25.1 Å². The summed E-state index contributed by atoms with van der Waals surface area (Å²) in [6, 6.07) is 0.591. The molecule has 2 aliphatic carbocycles. The maximum Gasteiger partial charge on any atom is 0.261 e. The number of thioether (sulfide) groups is 1. The van der Waals surface area contributed by atoms with E-state index in [1.807, 2.05) is 6.92 Å². The molecule has 0 radical (unpaired) electrons. The van der Waals surface area contributed by atoms with Crippen LogP contribution < -0.4 is 5.32 Å². The molecule has 1 heterocycles. The lowest BCUT2D eigenvalue weighted by Crippen LogP contribution is -2.36. The molecule has 3 aliphatic rings. The van der Waals surface area contributed by atoms with Crippen LogP contribution in [-0.2, 0) is 4.79 Å². The summed E-state index contributed by atoms with van der Waals surface area (Å²) in [5, 5.41) is 4.45. The molecule has 1 N–H and O–H groups in total. The van der Waals surface area contributed by atoms with Crippen LogP contribution in [0, 0.1) is 11.8 Å². The molecule has 0 spiro atoms. The number of carbonyl (C=O) groups is 1. The molecule has 4 unspecified atom stereocenters. The van der Waals surface area contributed by atoms with Crippen LogP contribution >= 0.6 is 11.8 Å². The summed E-state index contributed by atoms with van der Waals surface area (Å²) in [5.41, 5.74) is 0. The second-order valence-electron chi connectivity index (χ2n) is 5.20. The number of fused-ring (bicyclic) bond motifs is 2. The van der Waals surface area contributed by atoms with E-state index in [4.69, 9.17) is 0 Å². The van der Waals surface area contributed by atoms with Gasteiger partial charge >= 0.3 is 0 Å². The highest BCUT2D eigenvalue weighted by atomic mass is 32.2. The largest absolute Gasteiger partial charge is 0.361 e. The molecule has 0 aromatic carbocycles. The van der Waals surface area contributed by atoms with Crippen molar-refractivity contribution in [3.63, 3.8) is 0 Å². The van der Waals surface area contributed by atoms with Crippen LogP contribution in [0.5, 0.6) is 0 Å². The van der Waals surface area contributed by atoms with Crippen molar-refractivity contribution >= 4 is 22.8 Å². The Kier molecular flexibility index (Phi) is 2.70. The molecule has 16 heavy (non-hydrogen) atoms. The van der Waals surface area contributed by atoms with Gasteiger partial charge in [0.15, 0.2) is 5.17 Å². The summed E-state index contributed by atoms with van der Waals surface area (Å²) in [4.78, 5) is 15.6. The summed E-state index contributed by atoms with van der Waals surface area (Å²) >= 11 is 1.62. The van der Waals surface area contributed by atoms with Crippen LogP contribution in [0.15, 0.2) is 4.99 Å². The first kappa shape index (κ1) is 10.6. The number of hydrogen-bond donors (Lipinski definition) is 1. The van der Waals surface area contributed by atoms with Gasteiger partial charge < -0.3 is 5.32 Å². The average molecular weight is 238 g/mol. The predicted octanol–water partition coefficient (Wildman–Crippen LogP) is 2.17. The zero-order valence-corrected chi connectivity index (χ0v) is 10.4. The minimum Gasteiger partial charge on any atom is -0.361 e. The molecule has 0 aromatic rings. The van der Waals surface area contributed by atoms with Gasteiger partial charge in [-0.2, -0.15) is 4.99 Å². The summed E-state index contributed by atoms with van der Waals surface area (Å²) in [6.07, 6.45) is 6.34. The van der Waals surface area contributed by atoms with Crippen LogP contribution in [0.3, 0.4) is 0 Å². The molecule has 0 aromatic heterocycles.